The van der Waals surface area contributed by atoms with Gasteiger partial charge in [-0.15, -0.1) is 0 Å². The molecule has 154 valence electrons. The molecule has 2 atom stereocenters. The molecular weight excluding hydrogens is 381 g/mol. The molecular formula is C22H23F3N2O2. The number of hydrogen-bond acceptors (Lipinski definition) is 3. The smallest absolute Gasteiger partial charge is 0.390 e. The van der Waals surface area contributed by atoms with E-state index in [2.05, 4.69) is 4.90 Å². The monoisotopic (exact) mass is 404 g/mol. The van der Waals surface area contributed by atoms with E-state index in [1.165, 1.54) is 0 Å². The van der Waals surface area contributed by atoms with Crippen molar-refractivity contribution in [3.05, 3.63) is 41.6 Å². The number of alkyl halides is 3. The second-order valence-electron chi connectivity index (χ2n) is 8.28. The summed E-state index contributed by atoms with van der Waals surface area (Å²) in [7, 11) is 0. The van der Waals surface area contributed by atoms with Crippen molar-refractivity contribution in [2.45, 2.75) is 44.8 Å². The second-order valence-corrected chi connectivity index (χ2v) is 8.28. The van der Waals surface area contributed by atoms with Crippen LogP contribution in [-0.4, -0.2) is 41.3 Å². The van der Waals surface area contributed by atoms with Crippen LogP contribution in [0.15, 0.2) is 30.3 Å². The van der Waals surface area contributed by atoms with E-state index in [1.807, 2.05) is 28.8 Å². The Balaban J connectivity index is 1.82. The number of fused-ring (bicyclic) bond motifs is 3. The minimum Gasteiger partial charge on any atom is -0.461 e. The lowest BCUT2D eigenvalue weighted by Crippen LogP contribution is -2.52. The number of ether oxygens (including phenoxy) is 1. The number of halogens is 3. The van der Waals surface area contributed by atoms with Gasteiger partial charge in [-0.2, -0.15) is 13.2 Å². The van der Waals surface area contributed by atoms with Crippen LogP contribution in [0.3, 0.4) is 0 Å². The van der Waals surface area contributed by atoms with Gasteiger partial charge in [0.25, 0.3) is 0 Å². The van der Waals surface area contributed by atoms with Crippen molar-refractivity contribution in [2.75, 3.05) is 19.7 Å². The van der Waals surface area contributed by atoms with Crippen molar-refractivity contribution in [3.63, 3.8) is 0 Å². The van der Waals surface area contributed by atoms with Gasteiger partial charge in [0.15, 0.2) is 0 Å². The second kappa shape index (κ2) is 6.36. The predicted molar refractivity (Wildman–Crippen MR) is 103 cm³/mol. The number of rotatable bonds is 3. The highest BCUT2D eigenvalue weighted by Crippen LogP contribution is 2.59. The summed E-state index contributed by atoms with van der Waals surface area (Å²) in [6.07, 6.45) is -1.77. The number of hydrogen-bond donors (Lipinski definition) is 0. The number of nitrogens with zero attached hydrogens (tertiary/aromatic N) is 2. The summed E-state index contributed by atoms with van der Waals surface area (Å²) in [5.41, 5.74) is 1.88. The van der Waals surface area contributed by atoms with Crippen LogP contribution in [0.4, 0.5) is 13.2 Å². The molecule has 0 saturated carbocycles. The van der Waals surface area contributed by atoms with Gasteiger partial charge in [-0.3, -0.25) is 4.90 Å². The Hall–Kier alpha value is -2.28. The molecule has 0 amide bonds. The summed E-state index contributed by atoms with van der Waals surface area (Å²) in [5.74, 6) is -0.557. The molecule has 1 aromatic carbocycles. The average Bonchev–Trinajstić information content (AvgIpc) is 3.00. The van der Waals surface area contributed by atoms with Crippen LogP contribution in [0.2, 0.25) is 0 Å². The third kappa shape index (κ3) is 2.74. The first kappa shape index (κ1) is 18.7. The zero-order valence-electron chi connectivity index (χ0n) is 16.3. The fraction of sp³-hybridized carbons (Fsp3) is 0.500. The summed E-state index contributed by atoms with van der Waals surface area (Å²) in [4.78, 5) is 15.1. The number of carbonyl (C=O) groups is 1. The van der Waals surface area contributed by atoms with Crippen LogP contribution >= 0.6 is 0 Å². The zero-order valence-corrected chi connectivity index (χ0v) is 16.3. The maximum atomic E-state index is 13.7. The van der Waals surface area contributed by atoms with Gasteiger partial charge in [-0.25, -0.2) is 4.79 Å². The van der Waals surface area contributed by atoms with Gasteiger partial charge in [0.2, 0.25) is 0 Å². The number of carbonyl (C=O) groups excluding carboxylic acids is 1. The summed E-state index contributed by atoms with van der Waals surface area (Å²) >= 11 is 0. The molecule has 7 heteroatoms. The first-order valence-electron chi connectivity index (χ1n) is 10.2. The summed E-state index contributed by atoms with van der Waals surface area (Å²) < 4.78 is 48.4. The van der Waals surface area contributed by atoms with E-state index in [-0.39, 0.29) is 18.3 Å². The van der Waals surface area contributed by atoms with Crippen LogP contribution in [0.5, 0.6) is 0 Å². The zero-order chi connectivity index (χ0) is 20.4. The van der Waals surface area contributed by atoms with Crippen molar-refractivity contribution in [2.24, 2.45) is 5.41 Å². The highest BCUT2D eigenvalue weighted by Gasteiger charge is 2.55. The van der Waals surface area contributed by atoms with E-state index >= 15 is 0 Å². The molecule has 0 radical (unpaired) electrons. The van der Waals surface area contributed by atoms with E-state index < -0.39 is 24.0 Å². The molecule has 3 aliphatic heterocycles. The molecule has 0 aliphatic carbocycles. The van der Waals surface area contributed by atoms with E-state index in [0.717, 1.165) is 41.7 Å². The number of benzene rings is 1. The van der Waals surface area contributed by atoms with Gasteiger partial charge in [0, 0.05) is 23.0 Å². The molecule has 1 aromatic heterocycles. The molecule has 0 spiro atoms. The Kier molecular flexibility index (Phi) is 4.11. The molecule has 0 unspecified atom stereocenters. The van der Waals surface area contributed by atoms with E-state index in [9.17, 15) is 18.0 Å². The molecule has 4 nitrogen and oxygen atoms in total. The standard InChI is InChI=1S/C22H23F3N2O2/c1-2-29-20(28)17-12-21(13-22(23,24)25)9-5-10-26-11-8-15-14-6-3-4-7-16(14)27(17)18(15)19(21)26/h3-4,6-7,12,19H,2,5,8-11,13H2,1H3/t19-,21+/m1/s1. The van der Waals surface area contributed by atoms with E-state index in [0.29, 0.717) is 12.8 Å². The van der Waals surface area contributed by atoms with Crippen LogP contribution in [-0.2, 0) is 16.0 Å². The topological polar surface area (TPSA) is 34.5 Å². The van der Waals surface area contributed by atoms with Crippen LogP contribution in [0.1, 0.15) is 43.5 Å². The molecule has 0 bridgehead atoms. The Morgan fingerprint density at radius 1 is 1.28 bits per heavy atom. The van der Waals surface area contributed by atoms with Crippen LogP contribution < -0.4 is 0 Å². The molecule has 0 N–H and O–H groups in total. The summed E-state index contributed by atoms with van der Waals surface area (Å²) in [5, 5.41) is 1.02. The highest BCUT2D eigenvalue weighted by atomic mass is 19.4. The molecule has 29 heavy (non-hydrogen) atoms. The third-order valence-electron chi connectivity index (χ3n) is 6.60. The number of esters is 1. The summed E-state index contributed by atoms with van der Waals surface area (Å²) in [6, 6.07) is 7.41. The normalized spacial score (nSPS) is 26.2. The van der Waals surface area contributed by atoms with Crippen molar-refractivity contribution in [1.82, 2.24) is 9.47 Å². The molecule has 3 aliphatic rings. The van der Waals surface area contributed by atoms with Crippen LogP contribution in [0, 0.1) is 5.41 Å². The Labute approximate surface area is 166 Å². The number of piperidine rings is 1. The van der Waals surface area contributed by atoms with Crippen molar-refractivity contribution in [1.29, 1.82) is 0 Å². The molecule has 1 saturated heterocycles. The lowest BCUT2D eigenvalue weighted by atomic mass is 9.65. The number of para-hydroxylation sites is 1. The minimum absolute atomic E-state index is 0.180. The van der Waals surface area contributed by atoms with Gasteiger partial charge >= 0.3 is 12.1 Å². The molecule has 1 fully saturated rings. The predicted octanol–water partition coefficient (Wildman–Crippen LogP) is 4.69. The van der Waals surface area contributed by atoms with Crippen LogP contribution in [0.25, 0.3) is 16.6 Å². The van der Waals surface area contributed by atoms with Gasteiger partial charge in [-0.05, 0) is 50.4 Å². The largest absolute Gasteiger partial charge is 0.461 e. The molecule has 5 rings (SSSR count). The SMILES string of the molecule is CCOC(=O)C1=C[C@]2(CC(F)(F)F)CCCN3CCc4c(n1c1ccccc41)[C@@H]32. The van der Waals surface area contributed by atoms with Crippen molar-refractivity contribution < 1.29 is 22.7 Å². The quantitative estimate of drug-likeness (QED) is 0.696. The van der Waals surface area contributed by atoms with Crippen molar-refractivity contribution in [3.8, 4) is 0 Å². The van der Waals surface area contributed by atoms with E-state index in [4.69, 9.17) is 4.74 Å². The minimum atomic E-state index is -4.31. The van der Waals surface area contributed by atoms with Gasteiger partial charge in [-0.1, -0.05) is 18.2 Å². The maximum Gasteiger partial charge on any atom is 0.390 e. The Bertz CT molecular complexity index is 1020. The fourth-order valence-corrected chi connectivity index (χ4v) is 5.77. The summed E-state index contributed by atoms with van der Waals surface area (Å²) in [6.45, 7) is 3.42. The Morgan fingerprint density at radius 3 is 2.83 bits per heavy atom. The Morgan fingerprint density at radius 2 is 2.07 bits per heavy atom. The average molecular weight is 404 g/mol. The third-order valence-corrected chi connectivity index (χ3v) is 6.60. The first-order valence-corrected chi connectivity index (χ1v) is 10.2. The molecule has 4 heterocycles. The number of aromatic nitrogens is 1. The van der Waals surface area contributed by atoms with Crippen molar-refractivity contribution >= 4 is 22.6 Å². The van der Waals surface area contributed by atoms with Gasteiger partial charge in [0.05, 0.1) is 24.6 Å². The maximum absolute atomic E-state index is 13.7. The fourth-order valence-electron chi connectivity index (χ4n) is 5.77. The first-order chi connectivity index (χ1) is 13.8. The van der Waals surface area contributed by atoms with Gasteiger partial charge in [0.1, 0.15) is 5.70 Å². The van der Waals surface area contributed by atoms with Gasteiger partial charge < -0.3 is 9.30 Å². The lowest BCUT2D eigenvalue weighted by molar-refractivity contribution is -0.168. The molecule has 2 aromatic rings. The highest BCUT2D eigenvalue weighted by molar-refractivity contribution is 6.13. The lowest BCUT2D eigenvalue weighted by Gasteiger charge is -2.53. The van der Waals surface area contributed by atoms with E-state index in [1.54, 1.807) is 13.0 Å².